The molecule has 0 N–H and O–H groups in total. The summed E-state index contributed by atoms with van der Waals surface area (Å²) < 4.78 is 48.9. The Kier molecular flexibility index (Phi) is 5.58. The maximum absolute atomic E-state index is 12.7. The van der Waals surface area contributed by atoms with E-state index in [2.05, 4.69) is 0 Å². The molecule has 0 aliphatic carbocycles. The standard InChI is InChI=1S/C20H20F3NO3/c1-26-17-3-2-4-18(12-17)27-13-14-5-6-15-7-9-24(10-8-16(15)11-14)19(25)20(21,22)23/h2-6,11-12H,7-10,13H2,1H3. The zero-order valence-electron chi connectivity index (χ0n) is 14.9. The van der Waals surface area contributed by atoms with E-state index in [1.165, 1.54) is 0 Å². The number of ether oxygens (including phenoxy) is 2. The predicted molar refractivity (Wildman–Crippen MR) is 93.8 cm³/mol. The molecule has 0 saturated heterocycles. The SMILES string of the molecule is COc1cccc(OCc2ccc3c(c2)CCN(C(=O)C(F)(F)F)CC3)c1. The molecule has 0 atom stereocenters. The van der Waals surface area contributed by atoms with Gasteiger partial charge in [-0.15, -0.1) is 0 Å². The summed E-state index contributed by atoms with van der Waals surface area (Å²) in [5, 5.41) is 0. The molecule has 0 aromatic heterocycles. The highest BCUT2D eigenvalue weighted by Crippen LogP contribution is 2.24. The van der Waals surface area contributed by atoms with E-state index in [1.807, 2.05) is 36.4 Å². The van der Waals surface area contributed by atoms with Gasteiger partial charge in [0.2, 0.25) is 0 Å². The van der Waals surface area contributed by atoms with Crippen LogP contribution in [0.25, 0.3) is 0 Å². The van der Waals surface area contributed by atoms with Gasteiger partial charge in [-0.25, -0.2) is 0 Å². The summed E-state index contributed by atoms with van der Waals surface area (Å²) in [6.07, 6.45) is -4.02. The zero-order chi connectivity index (χ0) is 19.4. The summed E-state index contributed by atoms with van der Waals surface area (Å²) in [6.45, 7) is 0.474. The molecule has 144 valence electrons. The predicted octanol–water partition coefficient (Wildman–Crippen LogP) is 3.76. The van der Waals surface area contributed by atoms with E-state index >= 15 is 0 Å². The van der Waals surface area contributed by atoms with Crippen molar-refractivity contribution < 1.29 is 27.4 Å². The van der Waals surface area contributed by atoms with Gasteiger partial charge in [0.05, 0.1) is 7.11 Å². The lowest BCUT2D eigenvalue weighted by Crippen LogP contribution is -2.42. The summed E-state index contributed by atoms with van der Waals surface area (Å²) in [7, 11) is 1.58. The smallest absolute Gasteiger partial charge is 0.471 e. The molecular weight excluding hydrogens is 359 g/mol. The van der Waals surface area contributed by atoms with E-state index < -0.39 is 12.1 Å². The molecule has 0 saturated carbocycles. The van der Waals surface area contributed by atoms with Gasteiger partial charge in [-0.3, -0.25) is 4.79 Å². The lowest BCUT2D eigenvalue weighted by atomic mass is 10.0. The number of nitrogens with zero attached hydrogens (tertiary/aromatic N) is 1. The summed E-state index contributed by atoms with van der Waals surface area (Å²) in [6, 6.07) is 13.0. The minimum atomic E-state index is -4.83. The Labute approximate surface area is 155 Å². The number of carbonyl (C=O) groups is 1. The van der Waals surface area contributed by atoms with E-state index in [9.17, 15) is 18.0 Å². The first-order chi connectivity index (χ1) is 12.9. The van der Waals surface area contributed by atoms with E-state index in [0.717, 1.165) is 21.6 Å². The Morgan fingerprint density at radius 1 is 1.04 bits per heavy atom. The molecule has 2 aromatic carbocycles. The molecule has 0 unspecified atom stereocenters. The summed E-state index contributed by atoms with van der Waals surface area (Å²) in [5.41, 5.74) is 2.85. The maximum Gasteiger partial charge on any atom is 0.471 e. The van der Waals surface area contributed by atoms with Crippen molar-refractivity contribution >= 4 is 5.91 Å². The first-order valence-electron chi connectivity index (χ1n) is 8.60. The minimum Gasteiger partial charge on any atom is -0.497 e. The van der Waals surface area contributed by atoms with Crippen LogP contribution in [-0.2, 0) is 24.2 Å². The van der Waals surface area contributed by atoms with E-state index in [-0.39, 0.29) is 13.1 Å². The first-order valence-corrected chi connectivity index (χ1v) is 8.60. The van der Waals surface area contributed by atoms with Gasteiger partial charge in [0.1, 0.15) is 18.1 Å². The number of alkyl halides is 3. The molecule has 1 amide bonds. The van der Waals surface area contributed by atoms with Gasteiger partial charge in [-0.2, -0.15) is 13.2 Å². The normalized spacial score (nSPS) is 14.3. The van der Waals surface area contributed by atoms with E-state index in [4.69, 9.17) is 9.47 Å². The largest absolute Gasteiger partial charge is 0.497 e. The van der Waals surface area contributed by atoms with Crippen LogP contribution in [0.4, 0.5) is 13.2 Å². The lowest BCUT2D eigenvalue weighted by molar-refractivity contribution is -0.185. The molecule has 0 radical (unpaired) electrons. The summed E-state index contributed by atoms with van der Waals surface area (Å²) >= 11 is 0. The first kappa shape index (κ1) is 19.1. The Hall–Kier alpha value is -2.70. The number of benzene rings is 2. The van der Waals surface area contributed by atoms with Gasteiger partial charge < -0.3 is 14.4 Å². The van der Waals surface area contributed by atoms with Crippen molar-refractivity contribution in [1.29, 1.82) is 0 Å². The van der Waals surface area contributed by atoms with Crippen molar-refractivity contribution in [2.24, 2.45) is 0 Å². The maximum atomic E-state index is 12.7. The van der Waals surface area contributed by atoms with Crippen LogP contribution in [0.3, 0.4) is 0 Å². The van der Waals surface area contributed by atoms with Gasteiger partial charge >= 0.3 is 12.1 Å². The second-order valence-electron chi connectivity index (χ2n) is 6.36. The fourth-order valence-electron chi connectivity index (χ4n) is 3.11. The second-order valence-corrected chi connectivity index (χ2v) is 6.36. The highest BCUT2D eigenvalue weighted by molar-refractivity contribution is 5.82. The third-order valence-electron chi connectivity index (χ3n) is 4.55. The summed E-state index contributed by atoms with van der Waals surface area (Å²) in [5.74, 6) is -0.396. The van der Waals surface area contributed by atoms with Crippen molar-refractivity contribution in [2.45, 2.75) is 25.6 Å². The van der Waals surface area contributed by atoms with Crippen LogP contribution in [0, 0.1) is 0 Å². The molecule has 2 aromatic rings. The third-order valence-corrected chi connectivity index (χ3v) is 4.55. The van der Waals surface area contributed by atoms with E-state index in [0.29, 0.717) is 30.9 Å². The quantitative estimate of drug-likeness (QED) is 0.812. The van der Waals surface area contributed by atoms with Gasteiger partial charge in [-0.05, 0) is 41.7 Å². The number of carbonyl (C=O) groups excluding carboxylic acids is 1. The Bertz CT molecular complexity index is 820. The van der Waals surface area contributed by atoms with Crippen molar-refractivity contribution in [3.05, 3.63) is 59.2 Å². The van der Waals surface area contributed by atoms with Crippen LogP contribution >= 0.6 is 0 Å². The fraction of sp³-hybridized carbons (Fsp3) is 0.350. The van der Waals surface area contributed by atoms with Crippen molar-refractivity contribution in [3.8, 4) is 11.5 Å². The second kappa shape index (κ2) is 7.90. The zero-order valence-corrected chi connectivity index (χ0v) is 14.9. The molecule has 0 fully saturated rings. The summed E-state index contributed by atoms with van der Waals surface area (Å²) in [4.78, 5) is 12.4. The highest BCUT2D eigenvalue weighted by Gasteiger charge is 2.42. The number of halogens is 3. The Balaban J connectivity index is 1.66. The van der Waals surface area contributed by atoms with Gasteiger partial charge in [0, 0.05) is 19.2 Å². The van der Waals surface area contributed by atoms with Crippen molar-refractivity contribution in [2.75, 3.05) is 20.2 Å². The van der Waals surface area contributed by atoms with Gasteiger partial charge in [-0.1, -0.05) is 24.3 Å². The minimum absolute atomic E-state index is 0.0610. The topological polar surface area (TPSA) is 38.8 Å². The lowest BCUT2D eigenvalue weighted by Gasteiger charge is -2.21. The van der Waals surface area contributed by atoms with Crippen LogP contribution in [0.1, 0.15) is 16.7 Å². The number of hydrogen-bond donors (Lipinski definition) is 0. The van der Waals surface area contributed by atoms with Gasteiger partial charge in [0.15, 0.2) is 0 Å². The fourth-order valence-corrected chi connectivity index (χ4v) is 3.11. The molecule has 0 spiro atoms. The van der Waals surface area contributed by atoms with Crippen LogP contribution in [0.15, 0.2) is 42.5 Å². The van der Waals surface area contributed by atoms with Crippen molar-refractivity contribution in [3.63, 3.8) is 0 Å². The molecule has 27 heavy (non-hydrogen) atoms. The highest BCUT2D eigenvalue weighted by atomic mass is 19.4. The number of amides is 1. The number of fused-ring (bicyclic) bond motifs is 1. The van der Waals surface area contributed by atoms with Gasteiger partial charge in [0.25, 0.3) is 0 Å². The number of methoxy groups -OCH3 is 1. The Morgan fingerprint density at radius 3 is 2.44 bits per heavy atom. The molecule has 1 aliphatic heterocycles. The monoisotopic (exact) mass is 379 g/mol. The van der Waals surface area contributed by atoms with Crippen LogP contribution in [0.2, 0.25) is 0 Å². The van der Waals surface area contributed by atoms with Crippen LogP contribution in [-0.4, -0.2) is 37.2 Å². The number of rotatable bonds is 4. The molecule has 3 rings (SSSR count). The third kappa shape index (κ3) is 4.72. The Morgan fingerprint density at radius 2 is 1.74 bits per heavy atom. The molecular formula is C20H20F3NO3. The van der Waals surface area contributed by atoms with Crippen LogP contribution < -0.4 is 9.47 Å². The molecule has 7 heteroatoms. The number of hydrogen-bond acceptors (Lipinski definition) is 3. The average Bonchev–Trinajstić information content (AvgIpc) is 2.87. The molecule has 0 bridgehead atoms. The molecule has 1 heterocycles. The molecule has 4 nitrogen and oxygen atoms in total. The van der Waals surface area contributed by atoms with E-state index in [1.54, 1.807) is 13.2 Å². The van der Waals surface area contributed by atoms with Crippen molar-refractivity contribution in [1.82, 2.24) is 4.90 Å². The average molecular weight is 379 g/mol. The van der Waals surface area contributed by atoms with Crippen LogP contribution in [0.5, 0.6) is 11.5 Å². The molecule has 1 aliphatic rings.